The number of nitrogens with zero attached hydrogens (tertiary/aromatic N) is 1. The van der Waals surface area contributed by atoms with Crippen molar-refractivity contribution in [2.45, 2.75) is 51.6 Å². The smallest absolute Gasteiger partial charge is 0.220 e. The van der Waals surface area contributed by atoms with Crippen molar-refractivity contribution in [3.63, 3.8) is 0 Å². The van der Waals surface area contributed by atoms with Crippen molar-refractivity contribution < 1.29 is 9.53 Å². The molecule has 7 heteroatoms. The highest BCUT2D eigenvalue weighted by Crippen LogP contribution is 2.15. The molecule has 0 spiro atoms. The zero-order valence-electron chi connectivity index (χ0n) is 13.9. The molecule has 134 valence electrons. The standard InChI is InChI=1S/C15H31N3O2.2ClH/c1-15(2)13-18(11-12-20-15)10-9-17-14(19)7-5-3-4-6-8-16;;/h3-13,16H2,1-2H3,(H,17,19);2*1H. The molecular formula is C15H33Cl2N3O2. The maximum atomic E-state index is 11.7. The molecule has 5 nitrogen and oxygen atoms in total. The molecule has 1 rings (SSSR count). The van der Waals surface area contributed by atoms with Crippen LogP contribution in [0.5, 0.6) is 0 Å². The number of carbonyl (C=O) groups excluding carboxylic acids is 1. The summed E-state index contributed by atoms with van der Waals surface area (Å²) in [5.41, 5.74) is 5.37. The topological polar surface area (TPSA) is 67.6 Å². The molecule has 1 fully saturated rings. The molecule has 22 heavy (non-hydrogen) atoms. The van der Waals surface area contributed by atoms with Gasteiger partial charge < -0.3 is 15.8 Å². The number of carbonyl (C=O) groups is 1. The van der Waals surface area contributed by atoms with E-state index in [1.807, 2.05) is 0 Å². The van der Waals surface area contributed by atoms with Crippen LogP contribution in [-0.4, -0.2) is 55.7 Å². The van der Waals surface area contributed by atoms with Gasteiger partial charge in [0.25, 0.3) is 0 Å². The Morgan fingerprint density at radius 1 is 1.23 bits per heavy atom. The molecule has 0 aliphatic carbocycles. The van der Waals surface area contributed by atoms with E-state index >= 15 is 0 Å². The van der Waals surface area contributed by atoms with Gasteiger partial charge in [-0.2, -0.15) is 0 Å². The molecule has 0 saturated carbocycles. The maximum Gasteiger partial charge on any atom is 0.220 e. The number of amides is 1. The number of ether oxygens (including phenoxy) is 1. The average molecular weight is 358 g/mol. The fourth-order valence-electron chi connectivity index (χ4n) is 2.53. The fourth-order valence-corrected chi connectivity index (χ4v) is 2.53. The Morgan fingerprint density at radius 3 is 2.55 bits per heavy atom. The second kappa shape index (κ2) is 13.4. The van der Waals surface area contributed by atoms with Crippen LogP contribution in [0.1, 0.15) is 46.0 Å². The lowest BCUT2D eigenvalue weighted by molar-refractivity contribution is -0.121. The van der Waals surface area contributed by atoms with E-state index < -0.39 is 0 Å². The van der Waals surface area contributed by atoms with E-state index in [0.29, 0.717) is 6.42 Å². The van der Waals surface area contributed by atoms with E-state index in [9.17, 15) is 4.79 Å². The Hall–Kier alpha value is -0.0700. The highest BCUT2D eigenvalue weighted by atomic mass is 35.5. The third-order valence-electron chi connectivity index (χ3n) is 3.61. The minimum absolute atomic E-state index is 0. The summed E-state index contributed by atoms with van der Waals surface area (Å²) in [5.74, 6) is 0.172. The third-order valence-corrected chi connectivity index (χ3v) is 3.61. The van der Waals surface area contributed by atoms with Crippen molar-refractivity contribution >= 4 is 30.7 Å². The van der Waals surface area contributed by atoms with Crippen molar-refractivity contribution in [3.05, 3.63) is 0 Å². The fraction of sp³-hybridized carbons (Fsp3) is 0.933. The third kappa shape index (κ3) is 11.5. The summed E-state index contributed by atoms with van der Waals surface area (Å²) in [6.45, 7) is 9.28. The van der Waals surface area contributed by atoms with Crippen molar-refractivity contribution in [2.24, 2.45) is 5.73 Å². The highest BCUT2D eigenvalue weighted by Gasteiger charge is 2.26. The normalized spacial score (nSPS) is 17.2. The molecule has 0 aromatic carbocycles. The molecular weight excluding hydrogens is 325 g/mol. The monoisotopic (exact) mass is 357 g/mol. The predicted molar refractivity (Wildman–Crippen MR) is 96.1 cm³/mol. The number of nitrogens with two attached hydrogens (primary N) is 1. The Labute approximate surface area is 147 Å². The predicted octanol–water partition coefficient (Wildman–Crippen LogP) is 1.97. The Bertz CT molecular complexity index is 292. The molecule has 1 heterocycles. The van der Waals surface area contributed by atoms with Gasteiger partial charge >= 0.3 is 0 Å². The van der Waals surface area contributed by atoms with Gasteiger partial charge in [-0.3, -0.25) is 9.69 Å². The van der Waals surface area contributed by atoms with Crippen LogP contribution in [0.15, 0.2) is 0 Å². The van der Waals surface area contributed by atoms with Crippen LogP contribution in [0.2, 0.25) is 0 Å². The van der Waals surface area contributed by atoms with Crippen LogP contribution in [0.3, 0.4) is 0 Å². The van der Waals surface area contributed by atoms with Gasteiger partial charge in [-0.15, -0.1) is 24.8 Å². The van der Waals surface area contributed by atoms with Crippen LogP contribution in [0.25, 0.3) is 0 Å². The minimum atomic E-state index is -0.0642. The van der Waals surface area contributed by atoms with Crippen molar-refractivity contribution in [1.29, 1.82) is 0 Å². The first-order valence-corrected chi connectivity index (χ1v) is 7.86. The highest BCUT2D eigenvalue weighted by molar-refractivity contribution is 5.85. The number of halogens is 2. The van der Waals surface area contributed by atoms with Crippen LogP contribution in [0, 0.1) is 0 Å². The van der Waals surface area contributed by atoms with Gasteiger partial charge in [0, 0.05) is 32.6 Å². The molecule has 0 aromatic rings. The molecule has 1 aliphatic rings. The lowest BCUT2D eigenvalue weighted by atomic mass is 10.1. The number of hydrogen-bond acceptors (Lipinski definition) is 4. The van der Waals surface area contributed by atoms with Gasteiger partial charge in [0.05, 0.1) is 12.2 Å². The SMILES string of the molecule is CC1(C)CN(CCNC(=O)CCCCCCN)CCO1.Cl.Cl. The molecule has 1 saturated heterocycles. The van der Waals surface area contributed by atoms with Gasteiger partial charge in [0.1, 0.15) is 0 Å². The molecule has 0 radical (unpaired) electrons. The summed E-state index contributed by atoms with van der Waals surface area (Å²) < 4.78 is 5.67. The zero-order valence-corrected chi connectivity index (χ0v) is 15.6. The Morgan fingerprint density at radius 2 is 1.91 bits per heavy atom. The summed E-state index contributed by atoms with van der Waals surface area (Å²) in [6.07, 6.45) is 4.90. The molecule has 0 bridgehead atoms. The lowest BCUT2D eigenvalue weighted by Crippen LogP contribution is -2.50. The number of hydrogen-bond donors (Lipinski definition) is 2. The van der Waals surface area contributed by atoms with Crippen molar-refractivity contribution in [2.75, 3.05) is 39.3 Å². The van der Waals surface area contributed by atoms with E-state index in [4.69, 9.17) is 10.5 Å². The van der Waals surface area contributed by atoms with Gasteiger partial charge in [0.15, 0.2) is 0 Å². The summed E-state index contributed by atoms with van der Waals surface area (Å²) in [7, 11) is 0. The minimum Gasteiger partial charge on any atom is -0.373 e. The van der Waals surface area contributed by atoms with E-state index in [1.54, 1.807) is 0 Å². The van der Waals surface area contributed by atoms with Crippen LogP contribution in [0.4, 0.5) is 0 Å². The van der Waals surface area contributed by atoms with E-state index in [2.05, 4.69) is 24.1 Å². The van der Waals surface area contributed by atoms with E-state index in [1.165, 1.54) is 0 Å². The Kier molecular flexibility index (Phi) is 14.7. The second-order valence-corrected chi connectivity index (χ2v) is 6.19. The molecule has 0 unspecified atom stereocenters. The van der Waals surface area contributed by atoms with Crippen LogP contribution >= 0.6 is 24.8 Å². The van der Waals surface area contributed by atoms with Crippen LogP contribution in [-0.2, 0) is 9.53 Å². The first-order valence-electron chi connectivity index (χ1n) is 7.86. The van der Waals surface area contributed by atoms with Gasteiger partial charge in [-0.1, -0.05) is 12.8 Å². The van der Waals surface area contributed by atoms with Gasteiger partial charge in [0.2, 0.25) is 5.91 Å². The number of morpholine rings is 1. The molecule has 1 aliphatic heterocycles. The second-order valence-electron chi connectivity index (χ2n) is 6.19. The maximum absolute atomic E-state index is 11.7. The summed E-state index contributed by atoms with van der Waals surface area (Å²) in [5, 5.41) is 3.00. The molecule has 0 atom stereocenters. The molecule has 3 N–H and O–H groups in total. The summed E-state index contributed by atoms with van der Waals surface area (Å²) >= 11 is 0. The van der Waals surface area contributed by atoms with Gasteiger partial charge in [-0.25, -0.2) is 0 Å². The lowest BCUT2D eigenvalue weighted by Gasteiger charge is -2.38. The van der Waals surface area contributed by atoms with Gasteiger partial charge in [-0.05, 0) is 33.2 Å². The molecule has 0 aromatic heterocycles. The average Bonchev–Trinajstić information content (AvgIpc) is 2.37. The summed E-state index contributed by atoms with van der Waals surface area (Å²) in [6, 6.07) is 0. The first kappa shape index (κ1) is 24.2. The van der Waals surface area contributed by atoms with Crippen molar-refractivity contribution in [3.8, 4) is 0 Å². The zero-order chi connectivity index (χ0) is 14.8. The largest absolute Gasteiger partial charge is 0.373 e. The number of rotatable bonds is 9. The number of unbranched alkanes of at least 4 members (excludes halogenated alkanes) is 3. The van der Waals surface area contributed by atoms with Crippen LogP contribution < -0.4 is 11.1 Å². The Balaban J connectivity index is 0. The first-order chi connectivity index (χ1) is 9.53. The van der Waals surface area contributed by atoms with E-state index in [0.717, 1.165) is 65.0 Å². The number of nitrogens with one attached hydrogen (secondary N) is 1. The quantitative estimate of drug-likeness (QED) is 0.619. The molecule has 1 amide bonds. The van der Waals surface area contributed by atoms with E-state index in [-0.39, 0.29) is 36.3 Å². The summed E-state index contributed by atoms with van der Waals surface area (Å²) in [4.78, 5) is 14.0. The van der Waals surface area contributed by atoms with Crippen molar-refractivity contribution in [1.82, 2.24) is 10.2 Å².